The molecule has 1 aromatic heterocycles. The molecule has 1 aromatic carbocycles. The lowest BCUT2D eigenvalue weighted by atomic mass is 9.97. The van der Waals surface area contributed by atoms with Crippen molar-refractivity contribution in [3.05, 3.63) is 41.5 Å². The van der Waals surface area contributed by atoms with E-state index in [1.54, 1.807) is 18.2 Å². The topological polar surface area (TPSA) is 85.5 Å². The van der Waals surface area contributed by atoms with Crippen molar-refractivity contribution >= 4 is 5.97 Å². The molecule has 0 aliphatic heterocycles. The third-order valence-electron chi connectivity index (χ3n) is 2.58. The number of carbonyl (C=O) groups is 1. The molecule has 106 valence electrons. The summed E-state index contributed by atoms with van der Waals surface area (Å²) in [4.78, 5) is 15.3. The summed E-state index contributed by atoms with van der Waals surface area (Å²) in [7, 11) is 0. The van der Waals surface area contributed by atoms with Gasteiger partial charge in [-0.25, -0.2) is 4.79 Å². The van der Waals surface area contributed by atoms with Gasteiger partial charge in [0.1, 0.15) is 11.3 Å². The first-order valence-electron chi connectivity index (χ1n) is 6.16. The molecule has 6 heteroatoms. The highest BCUT2D eigenvalue weighted by molar-refractivity contribution is 5.90. The Bertz CT molecular complexity index is 614. The summed E-state index contributed by atoms with van der Waals surface area (Å²) in [5.41, 5.74) is -0.128. The maximum Gasteiger partial charge on any atom is 0.339 e. The van der Waals surface area contributed by atoms with Crippen molar-refractivity contribution in [3.63, 3.8) is 0 Å². The molecular weight excluding hydrogens is 260 g/mol. The lowest BCUT2D eigenvalue weighted by molar-refractivity contribution is 0.0691. The number of para-hydroxylation sites is 1. The van der Waals surface area contributed by atoms with E-state index >= 15 is 0 Å². The second kappa shape index (κ2) is 5.32. The molecular formula is C14H16N2O4. The first kappa shape index (κ1) is 14.0. The van der Waals surface area contributed by atoms with Gasteiger partial charge in [0, 0.05) is 5.41 Å². The van der Waals surface area contributed by atoms with Gasteiger partial charge in [-0.3, -0.25) is 0 Å². The van der Waals surface area contributed by atoms with Gasteiger partial charge in [-0.1, -0.05) is 38.1 Å². The van der Waals surface area contributed by atoms with Crippen LogP contribution in [0.15, 0.2) is 28.8 Å². The molecule has 6 nitrogen and oxygen atoms in total. The number of nitrogens with zero attached hydrogens (tertiary/aromatic N) is 2. The van der Waals surface area contributed by atoms with Crippen LogP contribution in [-0.4, -0.2) is 21.2 Å². The number of hydrogen-bond donors (Lipinski definition) is 1. The van der Waals surface area contributed by atoms with Gasteiger partial charge in [0.2, 0.25) is 11.7 Å². The zero-order valence-corrected chi connectivity index (χ0v) is 11.6. The molecule has 0 saturated carbocycles. The Morgan fingerprint density at radius 2 is 2.05 bits per heavy atom. The Balaban J connectivity index is 2.10. The van der Waals surface area contributed by atoms with Crippen molar-refractivity contribution in [2.45, 2.75) is 32.8 Å². The molecule has 0 radical (unpaired) electrons. The van der Waals surface area contributed by atoms with Crippen LogP contribution in [0, 0.1) is 0 Å². The zero-order chi connectivity index (χ0) is 14.8. The maximum absolute atomic E-state index is 11.0. The Labute approximate surface area is 116 Å². The highest BCUT2D eigenvalue weighted by atomic mass is 16.5. The fourth-order valence-corrected chi connectivity index (χ4v) is 1.53. The van der Waals surface area contributed by atoms with E-state index in [1.807, 2.05) is 20.8 Å². The van der Waals surface area contributed by atoms with Crippen LogP contribution in [0.3, 0.4) is 0 Å². The number of hydrogen-bond acceptors (Lipinski definition) is 5. The summed E-state index contributed by atoms with van der Waals surface area (Å²) in [5, 5.41) is 12.9. The average molecular weight is 276 g/mol. The summed E-state index contributed by atoms with van der Waals surface area (Å²) >= 11 is 0. The maximum atomic E-state index is 11.0. The van der Waals surface area contributed by atoms with E-state index in [-0.39, 0.29) is 23.3 Å². The Kier molecular flexibility index (Phi) is 3.74. The van der Waals surface area contributed by atoms with E-state index in [9.17, 15) is 4.79 Å². The smallest absolute Gasteiger partial charge is 0.339 e. The molecule has 0 aliphatic rings. The largest absolute Gasteiger partial charge is 0.485 e. The third-order valence-corrected chi connectivity index (χ3v) is 2.58. The number of benzene rings is 1. The number of rotatable bonds is 4. The van der Waals surface area contributed by atoms with Gasteiger partial charge in [0.25, 0.3) is 0 Å². The second-order valence-corrected chi connectivity index (χ2v) is 5.36. The summed E-state index contributed by atoms with van der Waals surface area (Å²) in [5.74, 6) is 0.143. The summed E-state index contributed by atoms with van der Waals surface area (Å²) in [6.07, 6.45) is 0. The molecule has 1 N–H and O–H groups in total. The zero-order valence-electron chi connectivity index (χ0n) is 11.6. The molecule has 0 atom stereocenters. The summed E-state index contributed by atoms with van der Waals surface area (Å²) < 4.78 is 10.6. The minimum Gasteiger partial charge on any atom is -0.485 e. The molecule has 20 heavy (non-hydrogen) atoms. The van der Waals surface area contributed by atoms with E-state index in [0.717, 1.165) is 0 Å². The summed E-state index contributed by atoms with van der Waals surface area (Å²) in [6, 6.07) is 6.42. The quantitative estimate of drug-likeness (QED) is 0.923. The Morgan fingerprint density at radius 1 is 1.35 bits per heavy atom. The minimum atomic E-state index is -1.04. The third kappa shape index (κ3) is 3.14. The standard InChI is InChI=1S/C14H16N2O4/c1-14(2,3)13-15-11(16-20-13)8-19-10-7-5-4-6-9(10)12(17)18/h4-7H,8H2,1-3H3,(H,17,18). The Hall–Kier alpha value is -2.37. The van der Waals surface area contributed by atoms with Crippen molar-refractivity contribution in [1.29, 1.82) is 0 Å². The number of carboxylic acids is 1. The Morgan fingerprint density at radius 3 is 2.65 bits per heavy atom. The van der Waals surface area contributed by atoms with Crippen LogP contribution in [0.4, 0.5) is 0 Å². The monoisotopic (exact) mass is 276 g/mol. The molecule has 0 bridgehead atoms. The lowest BCUT2D eigenvalue weighted by Gasteiger charge is -2.10. The minimum absolute atomic E-state index is 0.0594. The van der Waals surface area contributed by atoms with E-state index in [1.165, 1.54) is 6.07 Å². The first-order chi connectivity index (χ1) is 9.38. The van der Waals surface area contributed by atoms with Gasteiger partial charge in [0.05, 0.1) is 0 Å². The molecule has 0 aliphatic carbocycles. The van der Waals surface area contributed by atoms with Crippen LogP contribution in [0.5, 0.6) is 5.75 Å². The van der Waals surface area contributed by atoms with Gasteiger partial charge >= 0.3 is 5.97 Å². The first-order valence-corrected chi connectivity index (χ1v) is 6.16. The van der Waals surface area contributed by atoms with Gasteiger partial charge in [-0.05, 0) is 12.1 Å². The van der Waals surface area contributed by atoms with Crippen LogP contribution in [-0.2, 0) is 12.0 Å². The highest BCUT2D eigenvalue weighted by Gasteiger charge is 2.22. The van der Waals surface area contributed by atoms with Crippen molar-refractivity contribution in [1.82, 2.24) is 10.1 Å². The fourth-order valence-electron chi connectivity index (χ4n) is 1.53. The molecule has 2 aromatic rings. The molecule has 0 fully saturated rings. The van der Waals surface area contributed by atoms with Crippen molar-refractivity contribution < 1.29 is 19.2 Å². The number of ether oxygens (including phenoxy) is 1. The van der Waals surface area contributed by atoms with E-state index in [2.05, 4.69) is 10.1 Å². The van der Waals surface area contributed by atoms with E-state index in [0.29, 0.717) is 11.7 Å². The highest BCUT2D eigenvalue weighted by Crippen LogP contribution is 2.21. The van der Waals surface area contributed by atoms with Crippen LogP contribution < -0.4 is 4.74 Å². The SMILES string of the molecule is CC(C)(C)c1nc(COc2ccccc2C(=O)O)no1. The van der Waals surface area contributed by atoms with Crippen LogP contribution in [0.1, 0.15) is 42.8 Å². The predicted octanol–water partition coefficient (Wildman–Crippen LogP) is 2.64. The second-order valence-electron chi connectivity index (χ2n) is 5.36. The van der Waals surface area contributed by atoms with Crippen molar-refractivity contribution in [2.75, 3.05) is 0 Å². The fraction of sp³-hybridized carbons (Fsp3) is 0.357. The molecule has 0 saturated heterocycles. The predicted molar refractivity (Wildman–Crippen MR) is 70.7 cm³/mol. The normalized spacial score (nSPS) is 11.3. The molecule has 0 amide bonds. The van der Waals surface area contributed by atoms with Gasteiger partial charge in [-0.2, -0.15) is 4.98 Å². The lowest BCUT2D eigenvalue weighted by Crippen LogP contribution is -2.11. The molecule has 1 heterocycles. The van der Waals surface area contributed by atoms with Crippen LogP contribution in [0.2, 0.25) is 0 Å². The van der Waals surface area contributed by atoms with Gasteiger partial charge < -0.3 is 14.4 Å². The number of carboxylic acid groups (broad SMARTS) is 1. The van der Waals surface area contributed by atoms with Crippen LogP contribution >= 0.6 is 0 Å². The van der Waals surface area contributed by atoms with E-state index < -0.39 is 5.97 Å². The molecule has 2 rings (SSSR count). The van der Waals surface area contributed by atoms with Crippen LogP contribution in [0.25, 0.3) is 0 Å². The number of aromatic nitrogens is 2. The van der Waals surface area contributed by atoms with Gasteiger partial charge in [0.15, 0.2) is 6.61 Å². The summed E-state index contributed by atoms with van der Waals surface area (Å²) in [6.45, 7) is 5.95. The average Bonchev–Trinajstić information content (AvgIpc) is 2.85. The van der Waals surface area contributed by atoms with Crippen molar-refractivity contribution in [3.8, 4) is 5.75 Å². The molecule has 0 unspecified atom stereocenters. The van der Waals surface area contributed by atoms with Crippen molar-refractivity contribution in [2.24, 2.45) is 0 Å². The molecule has 0 spiro atoms. The van der Waals surface area contributed by atoms with E-state index in [4.69, 9.17) is 14.4 Å². The van der Waals surface area contributed by atoms with Gasteiger partial charge in [-0.15, -0.1) is 0 Å². The number of aromatic carboxylic acids is 1.